The van der Waals surface area contributed by atoms with Crippen molar-refractivity contribution in [2.75, 3.05) is 17.7 Å². The molecule has 1 aromatic heterocycles. The molecule has 0 unspecified atom stereocenters. The molecule has 9 heteroatoms. The van der Waals surface area contributed by atoms with E-state index < -0.39 is 27.5 Å². The first-order valence-corrected chi connectivity index (χ1v) is 10.1. The Balaban J connectivity index is 2.00. The first-order chi connectivity index (χ1) is 11.8. The van der Waals surface area contributed by atoms with Crippen LogP contribution in [0.25, 0.3) is 0 Å². The SMILES string of the molecule is CCOC(=O)c1sc(NC(=O)CS(=O)(=O)Cc2ccccc2)nc1C. The van der Waals surface area contributed by atoms with Crippen LogP contribution in [-0.2, 0) is 25.1 Å². The number of benzene rings is 1. The van der Waals surface area contributed by atoms with Crippen molar-refractivity contribution in [1.29, 1.82) is 0 Å². The first kappa shape index (κ1) is 19.1. The van der Waals surface area contributed by atoms with Crippen LogP contribution in [0.5, 0.6) is 0 Å². The molecule has 1 amide bonds. The van der Waals surface area contributed by atoms with Gasteiger partial charge in [-0.3, -0.25) is 4.79 Å². The van der Waals surface area contributed by atoms with Crippen LogP contribution in [0.4, 0.5) is 5.13 Å². The van der Waals surface area contributed by atoms with Crippen molar-refractivity contribution in [3.05, 3.63) is 46.5 Å². The predicted octanol–water partition coefficient (Wildman–Crippen LogP) is 2.18. The Kier molecular flexibility index (Phi) is 6.27. The molecule has 0 spiro atoms. The fourth-order valence-electron chi connectivity index (χ4n) is 2.07. The lowest BCUT2D eigenvalue weighted by Crippen LogP contribution is -2.23. The fraction of sp³-hybridized carbons (Fsp3) is 0.312. The molecule has 0 aliphatic heterocycles. The van der Waals surface area contributed by atoms with Gasteiger partial charge in [0.1, 0.15) is 10.6 Å². The molecule has 1 N–H and O–H groups in total. The minimum atomic E-state index is -3.61. The van der Waals surface area contributed by atoms with Crippen LogP contribution in [0.15, 0.2) is 30.3 Å². The number of amides is 1. The number of nitrogens with zero attached hydrogens (tertiary/aromatic N) is 1. The smallest absolute Gasteiger partial charge is 0.350 e. The zero-order chi connectivity index (χ0) is 18.4. The van der Waals surface area contributed by atoms with E-state index >= 15 is 0 Å². The molecule has 7 nitrogen and oxygen atoms in total. The Hall–Kier alpha value is -2.26. The third-order valence-electron chi connectivity index (χ3n) is 3.08. The lowest BCUT2D eigenvalue weighted by Gasteiger charge is -2.04. The largest absolute Gasteiger partial charge is 0.462 e. The number of hydrogen-bond donors (Lipinski definition) is 1. The number of esters is 1. The average Bonchev–Trinajstić information content (AvgIpc) is 2.87. The summed E-state index contributed by atoms with van der Waals surface area (Å²) in [5.74, 6) is -2.09. The number of hydrogen-bond acceptors (Lipinski definition) is 7. The van der Waals surface area contributed by atoms with Crippen LogP contribution in [-0.4, -0.2) is 37.6 Å². The van der Waals surface area contributed by atoms with Gasteiger partial charge < -0.3 is 10.1 Å². The Labute approximate surface area is 150 Å². The number of ether oxygens (including phenoxy) is 1. The van der Waals surface area contributed by atoms with Gasteiger partial charge in [0.2, 0.25) is 5.91 Å². The molecule has 0 aliphatic carbocycles. The molecule has 0 fully saturated rings. The molecule has 0 atom stereocenters. The number of anilines is 1. The zero-order valence-corrected chi connectivity index (χ0v) is 15.4. The molecule has 1 aromatic carbocycles. The van der Waals surface area contributed by atoms with Crippen molar-refractivity contribution < 1.29 is 22.7 Å². The number of aromatic nitrogens is 1. The van der Waals surface area contributed by atoms with E-state index in [4.69, 9.17) is 4.74 Å². The van der Waals surface area contributed by atoms with Crippen LogP contribution in [0.2, 0.25) is 0 Å². The summed E-state index contributed by atoms with van der Waals surface area (Å²) in [5, 5.41) is 2.59. The van der Waals surface area contributed by atoms with Gasteiger partial charge in [0.25, 0.3) is 0 Å². The molecular formula is C16H18N2O5S2. The number of nitrogens with one attached hydrogen (secondary N) is 1. The number of aryl methyl sites for hydroxylation is 1. The summed E-state index contributed by atoms with van der Waals surface area (Å²) >= 11 is 0.953. The Morgan fingerprint density at radius 1 is 1.24 bits per heavy atom. The number of carbonyl (C=O) groups is 2. The van der Waals surface area contributed by atoms with Gasteiger partial charge in [-0.1, -0.05) is 41.7 Å². The quantitative estimate of drug-likeness (QED) is 0.737. The highest BCUT2D eigenvalue weighted by Gasteiger charge is 2.21. The number of rotatable bonds is 7. The van der Waals surface area contributed by atoms with Crippen LogP contribution < -0.4 is 5.32 Å². The highest BCUT2D eigenvalue weighted by molar-refractivity contribution is 7.91. The fourth-order valence-corrected chi connectivity index (χ4v) is 4.22. The molecule has 2 rings (SSSR count). The summed E-state index contributed by atoms with van der Waals surface area (Å²) in [5.41, 5.74) is 1.04. The van der Waals surface area contributed by atoms with Gasteiger partial charge >= 0.3 is 5.97 Å². The van der Waals surface area contributed by atoms with Gasteiger partial charge in [0.15, 0.2) is 15.0 Å². The van der Waals surface area contributed by atoms with E-state index in [-0.39, 0.29) is 22.4 Å². The maximum Gasteiger partial charge on any atom is 0.350 e. The van der Waals surface area contributed by atoms with Crippen molar-refractivity contribution in [2.45, 2.75) is 19.6 Å². The van der Waals surface area contributed by atoms with Gasteiger partial charge in [-0.2, -0.15) is 0 Å². The molecule has 0 radical (unpaired) electrons. The molecule has 0 saturated heterocycles. The van der Waals surface area contributed by atoms with Crippen molar-refractivity contribution in [1.82, 2.24) is 4.98 Å². The first-order valence-electron chi connectivity index (χ1n) is 7.49. The zero-order valence-electron chi connectivity index (χ0n) is 13.8. The molecule has 1 heterocycles. The summed E-state index contributed by atoms with van der Waals surface area (Å²) in [6, 6.07) is 8.63. The van der Waals surface area contributed by atoms with Crippen LogP contribution in [0, 0.1) is 6.92 Å². The minimum absolute atomic E-state index is 0.167. The molecule has 0 bridgehead atoms. The van der Waals surface area contributed by atoms with Crippen molar-refractivity contribution in [3.63, 3.8) is 0 Å². The lowest BCUT2D eigenvalue weighted by molar-refractivity contribution is -0.113. The monoisotopic (exact) mass is 382 g/mol. The van der Waals surface area contributed by atoms with Gasteiger partial charge in [-0.15, -0.1) is 0 Å². The third kappa shape index (κ3) is 5.64. The maximum absolute atomic E-state index is 12.1. The Morgan fingerprint density at radius 3 is 2.56 bits per heavy atom. The number of thiazole rings is 1. The Bertz CT molecular complexity index is 860. The topological polar surface area (TPSA) is 102 Å². The molecule has 134 valence electrons. The number of sulfone groups is 1. The van der Waals surface area contributed by atoms with Crippen molar-refractivity contribution >= 4 is 38.2 Å². The van der Waals surface area contributed by atoms with E-state index in [0.29, 0.717) is 11.3 Å². The summed E-state index contributed by atoms with van der Waals surface area (Å²) in [4.78, 5) is 28.1. The molecule has 0 saturated carbocycles. The molecule has 0 aliphatic rings. The average molecular weight is 382 g/mol. The molecule has 2 aromatic rings. The maximum atomic E-state index is 12.1. The van der Waals surface area contributed by atoms with E-state index in [1.807, 2.05) is 0 Å². The van der Waals surface area contributed by atoms with E-state index in [1.54, 1.807) is 44.2 Å². The highest BCUT2D eigenvalue weighted by Crippen LogP contribution is 2.23. The van der Waals surface area contributed by atoms with E-state index in [1.165, 1.54) is 0 Å². The van der Waals surface area contributed by atoms with Crippen LogP contribution in [0.1, 0.15) is 27.9 Å². The van der Waals surface area contributed by atoms with Gasteiger partial charge in [0, 0.05) is 0 Å². The molecular weight excluding hydrogens is 364 g/mol. The summed E-state index contributed by atoms with van der Waals surface area (Å²) in [7, 11) is -3.61. The normalized spacial score (nSPS) is 11.1. The second-order valence-electron chi connectivity index (χ2n) is 5.22. The summed E-state index contributed by atoms with van der Waals surface area (Å²) < 4.78 is 29.1. The van der Waals surface area contributed by atoms with Gasteiger partial charge in [0.05, 0.1) is 18.1 Å². The Morgan fingerprint density at radius 2 is 1.92 bits per heavy atom. The summed E-state index contributed by atoms with van der Waals surface area (Å²) in [6.07, 6.45) is 0. The van der Waals surface area contributed by atoms with Crippen LogP contribution in [0.3, 0.4) is 0 Å². The van der Waals surface area contributed by atoms with E-state index in [0.717, 1.165) is 11.3 Å². The van der Waals surface area contributed by atoms with Gasteiger partial charge in [-0.05, 0) is 19.4 Å². The van der Waals surface area contributed by atoms with Crippen molar-refractivity contribution in [2.24, 2.45) is 0 Å². The van der Waals surface area contributed by atoms with E-state index in [2.05, 4.69) is 10.3 Å². The second kappa shape index (κ2) is 8.21. The lowest BCUT2D eigenvalue weighted by atomic mass is 10.2. The predicted molar refractivity (Wildman–Crippen MR) is 95.4 cm³/mol. The number of carbonyl (C=O) groups excluding carboxylic acids is 2. The summed E-state index contributed by atoms with van der Waals surface area (Å²) in [6.45, 7) is 3.54. The van der Waals surface area contributed by atoms with Crippen molar-refractivity contribution in [3.8, 4) is 0 Å². The standard InChI is InChI=1S/C16H18N2O5S2/c1-3-23-15(20)14-11(2)17-16(24-14)18-13(19)10-25(21,22)9-12-7-5-4-6-8-12/h4-8H,3,9-10H2,1-2H3,(H,17,18,19). The van der Waals surface area contributed by atoms with Crippen LogP contribution >= 0.6 is 11.3 Å². The third-order valence-corrected chi connectivity index (χ3v) is 5.61. The molecule has 25 heavy (non-hydrogen) atoms. The minimum Gasteiger partial charge on any atom is -0.462 e. The van der Waals surface area contributed by atoms with E-state index in [9.17, 15) is 18.0 Å². The highest BCUT2D eigenvalue weighted by atomic mass is 32.2. The van der Waals surface area contributed by atoms with Gasteiger partial charge in [-0.25, -0.2) is 18.2 Å². The second-order valence-corrected chi connectivity index (χ2v) is 8.28.